The van der Waals surface area contributed by atoms with Crippen LogP contribution in [0.5, 0.6) is 0 Å². The number of rotatable bonds is 5. The predicted molar refractivity (Wildman–Crippen MR) is 91.9 cm³/mol. The molecule has 126 valence electrons. The van der Waals surface area contributed by atoms with Crippen LogP contribution in [-0.2, 0) is 6.54 Å². The second-order valence-corrected chi connectivity index (χ2v) is 5.90. The van der Waals surface area contributed by atoms with Gasteiger partial charge >= 0.3 is 0 Å². The highest BCUT2D eigenvalue weighted by atomic mass is 19.1. The van der Waals surface area contributed by atoms with Gasteiger partial charge in [-0.05, 0) is 31.0 Å². The third-order valence-corrected chi connectivity index (χ3v) is 4.13. The molecule has 1 saturated carbocycles. The van der Waals surface area contributed by atoms with E-state index in [1.54, 1.807) is 24.3 Å². The minimum absolute atomic E-state index is 0.153. The van der Waals surface area contributed by atoms with E-state index in [4.69, 9.17) is 0 Å². The zero-order valence-corrected chi connectivity index (χ0v) is 13.6. The molecule has 0 radical (unpaired) electrons. The molecule has 0 aliphatic heterocycles. The van der Waals surface area contributed by atoms with Crippen molar-refractivity contribution in [3.8, 4) is 0 Å². The maximum absolute atomic E-state index is 13.8. The lowest BCUT2D eigenvalue weighted by molar-refractivity contribution is 0.606. The van der Waals surface area contributed by atoms with Crippen molar-refractivity contribution < 1.29 is 8.78 Å². The van der Waals surface area contributed by atoms with Crippen LogP contribution in [0.1, 0.15) is 30.4 Å². The molecule has 2 aromatic carbocycles. The Balaban J connectivity index is 1.64. The van der Waals surface area contributed by atoms with E-state index >= 15 is 0 Å². The van der Waals surface area contributed by atoms with Crippen LogP contribution in [0.2, 0.25) is 0 Å². The fraction of sp³-hybridized carbons (Fsp3) is 0.316. The van der Waals surface area contributed by atoms with Crippen molar-refractivity contribution in [3.05, 3.63) is 71.3 Å². The van der Waals surface area contributed by atoms with Crippen LogP contribution in [-0.4, -0.2) is 18.5 Å². The monoisotopic (exact) mass is 329 g/mol. The molecule has 24 heavy (non-hydrogen) atoms. The van der Waals surface area contributed by atoms with Crippen molar-refractivity contribution in [2.75, 3.05) is 6.54 Å². The summed E-state index contributed by atoms with van der Waals surface area (Å²) < 4.78 is 27.5. The highest BCUT2D eigenvalue weighted by Crippen LogP contribution is 2.41. The Hall–Kier alpha value is -2.43. The fourth-order valence-corrected chi connectivity index (χ4v) is 2.76. The van der Waals surface area contributed by atoms with Gasteiger partial charge in [0, 0.05) is 24.1 Å². The molecule has 5 heteroatoms. The van der Waals surface area contributed by atoms with Gasteiger partial charge in [0.1, 0.15) is 11.6 Å². The van der Waals surface area contributed by atoms with Gasteiger partial charge in [0.2, 0.25) is 0 Å². The lowest BCUT2D eigenvalue weighted by atomic mass is 10.1. The van der Waals surface area contributed by atoms with Crippen molar-refractivity contribution in [2.24, 2.45) is 4.99 Å². The molecule has 0 heterocycles. The van der Waals surface area contributed by atoms with Crippen LogP contribution in [0, 0.1) is 11.6 Å². The van der Waals surface area contributed by atoms with Gasteiger partial charge in [-0.25, -0.2) is 13.8 Å². The van der Waals surface area contributed by atoms with Gasteiger partial charge in [0.15, 0.2) is 5.96 Å². The molecular weight excluding hydrogens is 308 g/mol. The van der Waals surface area contributed by atoms with Gasteiger partial charge in [-0.2, -0.15) is 0 Å². The molecule has 0 spiro atoms. The van der Waals surface area contributed by atoms with E-state index in [0.29, 0.717) is 18.1 Å². The zero-order valence-electron chi connectivity index (χ0n) is 13.6. The summed E-state index contributed by atoms with van der Waals surface area (Å²) in [6, 6.07) is 13.6. The first-order valence-corrected chi connectivity index (χ1v) is 8.21. The first-order valence-electron chi connectivity index (χ1n) is 8.21. The van der Waals surface area contributed by atoms with Gasteiger partial charge in [0.25, 0.3) is 0 Å². The van der Waals surface area contributed by atoms with Gasteiger partial charge in [0.05, 0.1) is 6.54 Å². The van der Waals surface area contributed by atoms with Crippen molar-refractivity contribution in [1.82, 2.24) is 10.6 Å². The summed E-state index contributed by atoms with van der Waals surface area (Å²) in [5, 5.41) is 6.46. The Morgan fingerprint density at radius 2 is 1.79 bits per heavy atom. The molecule has 0 bridgehead atoms. The number of hydrogen-bond acceptors (Lipinski definition) is 1. The van der Waals surface area contributed by atoms with E-state index < -0.39 is 0 Å². The standard InChI is InChI=1S/C19H21F2N3/c1-2-22-19(23-12-13-7-3-5-9-16(13)20)24-18-11-15(18)14-8-4-6-10-17(14)21/h3-10,15,18H,2,11-12H2,1H3,(H2,22,23,24). The topological polar surface area (TPSA) is 36.4 Å². The van der Waals surface area contributed by atoms with Crippen LogP contribution in [0.25, 0.3) is 0 Å². The Bertz CT molecular complexity index is 730. The fourth-order valence-electron chi connectivity index (χ4n) is 2.76. The Labute approximate surface area is 140 Å². The number of nitrogens with zero attached hydrogens (tertiary/aromatic N) is 1. The summed E-state index contributed by atoms with van der Waals surface area (Å²) in [5.41, 5.74) is 1.29. The van der Waals surface area contributed by atoms with Gasteiger partial charge < -0.3 is 10.6 Å². The van der Waals surface area contributed by atoms with Crippen LogP contribution >= 0.6 is 0 Å². The molecule has 2 unspecified atom stereocenters. The lowest BCUT2D eigenvalue weighted by Crippen LogP contribution is -2.39. The van der Waals surface area contributed by atoms with E-state index in [1.807, 2.05) is 19.1 Å². The van der Waals surface area contributed by atoms with Crippen LogP contribution in [0.15, 0.2) is 53.5 Å². The molecule has 2 aromatic rings. The molecular formula is C19H21F2N3. The number of aliphatic imine (C=N–C) groups is 1. The normalized spacial score (nSPS) is 19.9. The Morgan fingerprint density at radius 1 is 1.08 bits per heavy atom. The van der Waals surface area contributed by atoms with Crippen molar-refractivity contribution in [3.63, 3.8) is 0 Å². The van der Waals surface area contributed by atoms with Crippen molar-refractivity contribution in [2.45, 2.75) is 31.8 Å². The summed E-state index contributed by atoms with van der Waals surface area (Å²) in [6.07, 6.45) is 0.866. The molecule has 0 aromatic heterocycles. The second-order valence-electron chi connectivity index (χ2n) is 5.90. The Morgan fingerprint density at radius 3 is 2.50 bits per heavy atom. The third-order valence-electron chi connectivity index (χ3n) is 4.13. The number of guanidine groups is 1. The summed E-state index contributed by atoms with van der Waals surface area (Å²) in [4.78, 5) is 4.44. The number of halogens is 2. The molecule has 2 N–H and O–H groups in total. The molecule has 2 atom stereocenters. The van der Waals surface area contributed by atoms with E-state index in [2.05, 4.69) is 15.6 Å². The molecule has 0 saturated heterocycles. The average Bonchev–Trinajstić information content (AvgIpc) is 3.33. The van der Waals surface area contributed by atoms with Gasteiger partial charge in [-0.15, -0.1) is 0 Å². The SMILES string of the molecule is CCNC(=NCc1ccccc1F)NC1CC1c1ccccc1F. The first kappa shape index (κ1) is 16.4. The maximum Gasteiger partial charge on any atom is 0.191 e. The van der Waals surface area contributed by atoms with Crippen LogP contribution < -0.4 is 10.6 Å². The number of nitrogens with one attached hydrogen (secondary N) is 2. The average molecular weight is 329 g/mol. The predicted octanol–water partition coefficient (Wildman–Crippen LogP) is 3.58. The smallest absolute Gasteiger partial charge is 0.191 e. The summed E-state index contributed by atoms with van der Waals surface area (Å²) in [6.45, 7) is 2.95. The minimum atomic E-state index is -0.257. The summed E-state index contributed by atoms with van der Waals surface area (Å²) in [5.74, 6) is 0.362. The lowest BCUT2D eigenvalue weighted by Gasteiger charge is -2.11. The van der Waals surface area contributed by atoms with Crippen molar-refractivity contribution >= 4 is 5.96 Å². The van der Waals surface area contributed by atoms with E-state index in [1.165, 1.54) is 12.1 Å². The minimum Gasteiger partial charge on any atom is -0.357 e. The molecule has 0 amide bonds. The van der Waals surface area contributed by atoms with E-state index in [9.17, 15) is 8.78 Å². The number of hydrogen-bond donors (Lipinski definition) is 2. The number of benzene rings is 2. The van der Waals surface area contributed by atoms with Gasteiger partial charge in [-0.1, -0.05) is 36.4 Å². The second kappa shape index (κ2) is 7.43. The molecule has 3 nitrogen and oxygen atoms in total. The first-order chi connectivity index (χ1) is 11.7. The molecule has 1 aliphatic carbocycles. The zero-order chi connectivity index (χ0) is 16.9. The highest BCUT2D eigenvalue weighted by Gasteiger charge is 2.40. The van der Waals surface area contributed by atoms with Crippen molar-refractivity contribution in [1.29, 1.82) is 0 Å². The largest absolute Gasteiger partial charge is 0.357 e. The van der Waals surface area contributed by atoms with Crippen LogP contribution in [0.3, 0.4) is 0 Å². The summed E-state index contributed by atoms with van der Waals surface area (Å²) >= 11 is 0. The quantitative estimate of drug-likeness (QED) is 0.650. The maximum atomic E-state index is 13.8. The Kier molecular flexibility index (Phi) is 5.08. The molecule has 1 fully saturated rings. The summed E-state index contributed by atoms with van der Waals surface area (Å²) in [7, 11) is 0. The highest BCUT2D eigenvalue weighted by molar-refractivity contribution is 5.80. The van der Waals surface area contributed by atoms with E-state index in [-0.39, 0.29) is 30.1 Å². The van der Waals surface area contributed by atoms with Gasteiger partial charge in [-0.3, -0.25) is 0 Å². The molecule has 3 rings (SSSR count). The van der Waals surface area contributed by atoms with Crippen LogP contribution in [0.4, 0.5) is 8.78 Å². The third kappa shape index (κ3) is 3.91. The molecule has 1 aliphatic rings. The van der Waals surface area contributed by atoms with E-state index in [0.717, 1.165) is 12.0 Å².